The van der Waals surface area contributed by atoms with Gasteiger partial charge in [0.2, 0.25) is 0 Å². The summed E-state index contributed by atoms with van der Waals surface area (Å²) in [4.78, 5) is 19.5. The molecule has 1 atom stereocenters. The number of benzene rings is 2. The first-order valence-corrected chi connectivity index (χ1v) is 10.6. The van der Waals surface area contributed by atoms with E-state index in [0.29, 0.717) is 24.7 Å². The molecule has 0 aliphatic carbocycles. The molecule has 12 heteroatoms. The van der Waals surface area contributed by atoms with E-state index in [4.69, 9.17) is 31.4 Å². The Kier molecular flexibility index (Phi) is 5.00. The number of nitrogens with zero attached hydrogens (tertiary/aromatic N) is 5. The first-order valence-electron chi connectivity index (χ1n) is 9.81. The van der Waals surface area contributed by atoms with Crippen LogP contribution in [0.4, 0.5) is 4.39 Å². The molecule has 0 saturated heterocycles. The van der Waals surface area contributed by atoms with E-state index in [9.17, 15) is 9.18 Å². The number of amides is 1. The van der Waals surface area contributed by atoms with E-state index in [1.807, 2.05) is 35.8 Å². The topological polar surface area (TPSA) is 63.9 Å². The zero-order valence-electron chi connectivity index (χ0n) is 17.0. The van der Waals surface area contributed by atoms with Crippen molar-refractivity contribution >= 4 is 80.7 Å². The predicted octanol–water partition coefficient (Wildman–Crippen LogP) is -0.914. The first-order chi connectivity index (χ1) is 15.3. The van der Waals surface area contributed by atoms with Crippen molar-refractivity contribution in [3.8, 4) is 10.8 Å². The lowest BCUT2D eigenvalue weighted by Gasteiger charge is -2.35. The molecule has 5 rings (SSSR count). The number of fused-ring (bicyclic) bond motifs is 2. The van der Waals surface area contributed by atoms with Crippen LogP contribution in [-0.2, 0) is 6.54 Å². The molecular formula is C20H12B4FN5OS. The molecule has 1 aliphatic rings. The van der Waals surface area contributed by atoms with E-state index >= 15 is 0 Å². The molecule has 3 heterocycles. The molecule has 0 unspecified atom stereocenters. The third-order valence-electron chi connectivity index (χ3n) is 5.74. The van der Waals surface area contributed by atoms with Crippen LogP contribution in [0.5, 0.6) is 0 Å². The summed E-state index contributed by atoms with van der Waals surface area (Å²) in [7, 11) is 23.2. The molecule has 148 valence electrons. The van der Waals surface area contributed by atoms with Gasteiger partial charge in [-0.05, 0) is 19.1 Å². The predicted molar refractivity (Wildman–Crippen MR) is 126 cm³/mol. The van der Waals surface area contributed by atoms with E-state index < -0.39 is 28.7 Å². The van der Waals surface area contributed by atoms with Crippen LogP contribution in [0.15, 0.2) is 24.3 Å². The Morgan fingerprint density at radius 2 is 1.75 bits per heavy atom. The fraction of sp³-hybridized carbons (Fsp3) is 0.200. The number of thiazole rings is 1. The van der Waals surface area contributed by atoms with Gasteiger partial charge in [0.05, 0.1) is 16.3 Å². The minimum Gasteiger partial charge on any atom is -0.327 e. The van der Waals surface area contributed by atoms with Gasteiger partial charge in [0, 0.05) is 18.7 Å². The lowest BCUT2D eigenvalue weighted by atomic mass is 9.66. The molecule has 0 bridgehead atoms. The Labute approximate surface area is 192 Å². The molecule has 0 N–H and O–H groups in total. The molecule has 0 spiro atoms. The normalized spacial score (nSPS) is 15.8. The third kappa shape index (κ3) is 3.03. The molecule has 6 nitrogen and oxygen atoms in total. The summed E-state index contributed by atoms with van der Waals surface area (Å²) in [5, 5.41) is 9.41. The molecule has 2 aromatic heterocycles. The number of carbonyl (C=O) groups is 1. The highest BCUT2D eigenvalue weighted by Gasteiger charge is 2.34. The summed E-state index contributed by atoms with van der Waals surface area (Å²) in [5.41, 5.74) is -0.463. The second-order valence-corrected chi connectivity index (χ2v) is 8.57. The summed E-state index contributed by atoms with van der Waals surface area (Å²) >= 11 is 1.53. The van der Waals surface area contributed by atoms with Gasteiger partial charge < -0.3 is 9.47 Å². The van der Waals surface area contributed by atoms with E-state index in [1.54, 1.807) is 4.90 Å². The summed E-state index contributed by atoms with van der Waals surface area (Å²) in [6, 6.07) is 7.39. The SMILES string of the molecule is [B]c1c([B])c(C(=O)N2CCn3c(-c4nc5ccccc5s4)nnc3[C@H]2C)c([B])c([B])c1F. The van der Waals surface area contributed by atoms with Gasteiger partial charge in [-0.15, -0.1) is 21.5 Å². The molecule has 4 aromatic rings. The van der Waals surface area contributed by atoms with Gasteiger partial charge in [0.15, 0.2) is 16.7 Å². The summed E-state index contributed by atoms with van der Waals surface area (Å²) in [6.45, 7) is 2.59. The highest BCUT2D eigenvalue weighted by molar-refractivity contribution is 7.21. The van der Waals surface area contributed by atoms with Crippen molar-refractivity contribution in [1.29, 1.82) is 0 Å². The molecule has 32 heavy (non-hydrogen) atoms. The Hall–Kier alpha value is -2.87. The maximum absolute atomic E-state index is 14.1. The highest BCUT2D eigenvalue weighted by Crippen LogP contribution is 2.33. The first kappa shape index (κ1) is 21.0. The molecule has 0 saturated carbocycles. The van der Waals surface area contributed by atoms with Crippen LogP contribution in [0.2, 0.25) is 0 Å². The van der Waals surface area contributed by atoms with Crippen molar-refractivity contribution in [2.45, 2.75) is 19.5 Å². The number of hydrogen-bond donors (Lipinski definition) is 0. The standard InChI is InChI=1S/C20H12B4FN5OS/c1-8-17-27-28-18(19-26-9-4-2-3-5-10(9)32-19)30(17)7-6-29(8)20(31)11-12(21)14(23)16(25)15(24)13(11)22/h2-5,8H,6-7H2,1H3/t8-/m1/s1. The molecule has 1 aliphatic heterocycles. The van der Waals surface area contributed by atoms with Crippen LogP contribution >= 0.6 is 11.3 Å². The molecule has 0 fully saturated rings. The average Bonchev–Trinajstić information content (AvgIpc) is 3.41. The number of aromatic nitrogens is 4. The van der Waals surface area contributed by atoms with Crippen LogP contribution in [-0.4, -0.2) is 68.5 Å². The van der Waals surface area contributed by atoms with Gasteiger partial charge in [-0.3, -0.25) is 4.79 Å². The van der Waals surface area contributed by atoms with Crippen molar-refractivity contribution in [1.82, 2.24) is 24.6 Å². The molecule has 2 aromatic carbocycles. The lowest BCUT2D eigenvalue weighted by Crippen LogP contribution is -2.52. The second kappa shape index (κ2) is 7.62. The van der Waals surface area contributed by atoms with Crippen molar-refractivity contribution in [3.05, 3.63) is 41.5 Å². The molecule has 1 amide bonds. The van der Waals surface area contributed by atoms with Crippen LogP contribution in [0.25, 0.3) is 21.0 Å². The summed E-state index contributed by atoms with van der Waals surface area (Å²) < 4.78 is 17.1. The lowest BCUT2D eigenvalue weighted by molar-refractivity contribution is 0.0641. The van der Waals surface area contributed by atoms with Gasteiger partial charge in [-0.2, -0.15) is 0 Å². The maximum atomic E-state index is 14.1. The van der Waals surface area contributed by atoms with Crippen LogP contribution < -0.4 is 21.9 Å². The van der Waals surface area contributed by atoms with Gasteiger partial charge in [-0.25, -0.2) is 9.37 Å². The van der Waals surface area contributed by atoms with Gasteiger partial charge in [0.25, 0.3) is 5.91 Å². The average molecular weight is 433 g/mol. The summed E-state index contributed by atoms with van der Waals surface area (Å²) in [5.74, 6) is -0.182. The fourth-order valence-corrected chi connectivity index (χ4v) is 4.92. The van der Waals surface area contributed by atoms with Crippen molar-refractivity contribution in [3.63, 3.8) is 0 Å². The highest BCUT2D eigenvalue weighted by atomic mass is 32.1. The van der Waals surface area contributed by atoms with Crippen molar-refractivity contribution in [2.24, 2.45) is 0 Å². The van der Waals surface area contributed by atoms with E-state index in [0.717, 1.165) is 15.2 Å². The Morgan fingerprint density at radius 3 is 2.44 bits per heavy atom. The number of carbonyl (C=O) groups excluding carboxylic acids is 1. The van der Waals surface area contributed by atoms with Gasteiger partial charge in [0.1, 0.15) is 37.2 Å². The second-order valence-electron chi connectivity index (χ2n) is 7.54. The van der Waals surface area contributed by atoms with E-state index in [2.05, 4.69) is 15.2 Å². The number of halogens is 1. The molecule has 8 radical (unpaired) electrons. The van der Waals surface area contributed by atoms with Gasteiger partial charge in [-0.1, -0.05) is 34.0 Å². The van der Waals surface area contributed by atoms with Gasteiger partial charge >= 0.3 is 0 Å². The van der Waals surface area contributed by atoms with Crippen molar-refractivity contribution < 1.29 is 9.18 Å². The Balaban J connectivity index is 1.52. The van der Waals surface area contributed by atoms with E-state index in [-0.39, 0.29) is 16.5 Å². The van der Waals surface area contributed by atoms with Crippen molar-refractivity contribution in [2.75, 3.05) is 6.54 Å². The monoisotopic (exact) mass is 433 g/mol. The minimum atomic E-state index is -0.927. The third-order valence-corrected chi connectivity index (χ3v) is 6.77. The Bertz CT molecular complexity index is 1340. The largest absolute Gasteiger partial charge is 0.327 e. The van der Waals surface area contributed by atoms with Crippen LogP contribution in [0, 0.1) is 5.82 Å². The minimum absolute atomic E-state index is 0.104. The maximum Gasteiger partial charge on any atom is 0.253 e. The van der Waals surface area contributed by atoms with Crippen LogP contribution in [0.3, 0.4) is 0 Å². The zero-order valence-corrected chi connectivity index (χ0v) is 17.9. The fourth-order valence-electron chi connectivity index (χ4n) is 3.96. The number of hydrogen-bond acceptors (Lipinski definition) is 5. The number of rotatable bonds is 2. The molecular weight excluding hydrogens is 421 g/mol. The Morgan fingerprint density at radius 1 is 1.06 bits per heavy atom. The smallest absolute Gasteiger partial charge is 0.253 e. The van der Waals surface area contributed by atoms with Crippen LogP contribution in [0.1, 0.15) is 29.1 Å². The summed E-state index contributed by atoms with van der Waals surface area (Å²) in [6.07, 6.45) is 0. The quantitative estimate of drug-likeness (QED) is 0.385. The van der Waals surface area contributed by atoms with E-state index in [1.165, 1.54) is 11.3 Å². The number of para-hydroxylation sites is 1. The zero-order chi connectivity index (χ0) is 22.7.